The molecular formula is C14H19FO9. The number of halogens is 1. The second-order valence-electron chi connectivity index (χ2n) is 5.03. The van der Waals surface area contributed by atoms with E-state index in [0.29, 0.717) is 0 Å². The van der Waals surface area contributed by atoms with Crippen molar-refractivity contribution in [2.45, 2.75) is 58.4 Å². The number of carbonyl (C=O) groups is 4. The van der Waals surface area contributed by atoms with E-state index in [0.717, 1.165) is 27.7 Å². The van der Waals surface area contributed by atoms with E-state index >= 15 is 0 Å². The van der Waals surface area contributed by atoms with Crippen molar-refractivity contribution in [1.82, 2.24) is 0 Å². The SMILES string of the molecule is CC(=O)O[C@H]1O[C@@H](CF)[C@@H](OC(C)=O)[C@@H](OC(C)=O)[C@@H]1OC(C)=O. The summed E-state index contributed by atoms with van der Waals surface area (Å²) in [5.41, 5.74) is 0. The zero-order valence-corrected chi connectivity index (χ0v) is 13.6. The summed E-state index contributed by atoms with van der Waals surface area (Å²) in [4.78, 5) is 45.1. The van der Waals surface area contributed by atoms with Gasteiger partial charge in [0, 0.05) is 27.7 Å². The lowest BCUT2D eigenvalue weighted by atomic mass is 9.98. The summed E-state index contributed by atoms with van der Waals surface area (Å²) in [6.07, 6.45) is -7.12. The fourth-order valence-electron chi connectivity index (χ4n) is 2.24. The van der Waals surface area contributed by atoms with E-state index in [9.17, 15) is 23.6 Å². The monoisotopic (exact) mass is 350 g/mol. The van der Waals surface area contributed by atoms with Crippen molar-refractivity contribution in [1.29, 1.82) is 0 Å². The third kappa shape index (κ3) is 5.44. The lowest BCUT2D eigenvalue weighted by Gasteiger charge is -2.43. The Hall–Kier alpha value is -2.23. The van der Waals surface area contributed by atoms with Crippen molar-refractivity contribution < 1.29 is 47.3 Å². The molecule has 0 aromatic rings. The van der Waals surface area contributed by atoms with Crippen LogP contribution in [0, 0.1) is 0 Å². The van der Waals surface area contributed by atoms with Crippen LogP contribution in [0.15, 0.2) is 0 Å². The second-order valence-corrected chi connectivity index (χ2v) is 5.03. The highest BCUT2D eigenvalue weighted by atomic mass is 19.1. The third-order valence-electron chi connectivity index (χ3n) is 2.93. The number of ether oxygens (including phenoxy) is 5. The Balaban J connectivity index is 3.23. The number of rotatable bonds is 5. The number of hydrogen-bond donors (Lipinski definition) is 0. The first-order valence-electron chi connectivity index (χ1n) is 7.06. The van der Waals surface area contributed by atoms with Gasteiger partial charge in [-0.05, 0) is 0 Å². The Kier molecular flexibility index (Phi) is 7.08. The molecule has 0 bridgehead atoms. The molecule has 1 fully saturated rings. The Morgan fingerprint density at radius 1 is 0.750 bits per heavy atom. The van der Waals surface area contributed by atoms with Gasteiger partial charge in [0.1, 0.15) is 12.8 Å². The first-order valence-corrected chi connectivity index (χ1v) is 7.06. The molecule has 0 aliphatic carbocycles. The maximum Gasteiger partial charge on any atom is 0.305 e. The molecule has 0 aromatic carbocycles. The van der Waals surface area contributed by atoms with Gasteiger partial charge in [0.2, 0.25) is 12.4 Å². The molecule has 24 heavy (non-hydrogen) atoms. The van der Waals surface area contributed by atoms with Gasteiger partial charge in [-0.1, -0.05) is 0 Å². The maximum absolute atomic E-state index is 13.3. The van der Waals surface area contributed by atoms with Gasteiger partial charge in [-0.3, -0.25) is 19.2 Å². The van der Waals surface area contributed by atoms with E-state index in [1.807, 2.05) is 0 Å². The van der Waals surface area contributed by atoms with Gasteiger partial charge in [0.25, 0.3) is 0 Å². The lowest BCUT2D eigenvalue weighted by molar-refractivity contribution is -0.297. The van der Waals surface area contributed by atoms with Crippen molar-refractivity contribution in [3.05, 3.63) is 0 Å². The maximum atomic E-state index is 13.3. The van der Waals surface area contributed by atoms with Gasteiger partial charge in [-0.2, -0.15) is 0 Å². The molecule has 0 saturated carbocycles. The van der Waals surface area contributed by atoms with Crippen LogP contribution in [-0.4, -0.2) is 61.3 Å². The second kappa shape index (κ2) is 8.57. The smallest absolute Gasteiger partial charge is 0.305 e. The van der Waals surface area contributed by atoms with Crippen LogP contribution in [0.4, 0.5) is 4.39 Å². The van der Waals surface area contributed by atoms with E-state index in [1.165, 1.54) is 0 Å². The van der Waals surface area contributed by atoms with E-state index in [-0.39, 0.29) is 0 Å². The summed E-state index contributed by atoms with van der Waals surface area (Å²) in [7, 11) is 0. The highest BCUT2D eigenvalue weighted by Crippen LogP contribution is 2.29. The number of carbonyl (C=O) groups excluding carboxylic acids is 4. The van der Waals surface area contributed by atoms with Crippen molar-refractivity contribution in [2.24, 2.45) is 0 Å². The average molecular weight is 350 g/mol. The van der Waals surface area contributed by atoms with Crippen molar-refractivity contribution in [2.75, 3.05) is 6.67 Å². The Morgan fingerprint density at radius 3 is 1.58 bits per heavy atom. The molecule has 0 radical (unpaired) electrons. The largest absolute Gasteiger partial charge is 0.456 e. The van der Waals surface area contributed by atoms with Gasteiger partial charge in [-0.15, -0.1) is 0 Å². The Morgan fingerprint density at radius 2 is 1.17 bits per heavy atom. The summed E-state index contributed by atoms with van der Waals surface area (Å²) >= 11 is 0. The fourth-order valence-corrected chi connectivity index (χ4v) is 2.24. The zero-order chi connectivity index (χ0) is 18.4. The van der Waals surface area contributed by atoms with Gasteiger partial charge in [0.05, 0.1) is 0 Å². The molecule has 0 N–H and O–H groups in total. The van der Waals surface area contributed by atoms with Crippen LogP contribution < -0.4 is 0 Å². The quantitative estimate of drug-likeness (QED) is 0.500. The van der Waals surface area contributed by atoms with Crippen LogP contribution in [-0.2, 0) is 42.9 Å². The van der Waals surface area contributed by atoms with Crippen LogP contribution in [0.5, 0.6) is 0 Å². The summed E-state index contributed by atoms with van der Waals surface area (Å²) in [5.74, 6) is -3.16. The number of esters is 4. The lowest BCUT2D eigenvalue weighted by Crippen LogP contribution is -2.62. The van der Waals surface area contributed by atoms with Gasteiger partial charge in [-0.25, -0.2) is 4.39 Å². The molecule has 1 aliphatic rings. The van der Waals surface area contributed by atoms with Crippen LogP contribution in [0.2, 0.25) is 0 Å². The Labute approximate surface area is 137 Å². The Bertz CT molecular complexity index is 506. The predicted molar refractivity (Wildman–Crippen MR) is 73.1 cm³/mol. The van der Waals surface area contributed by atoms with Crippen LogP contribution >= 0.6 is 0 Å². The van der Waals surface area contributed by atoms with E-state index in [4.69, 9.17) is 23.7 Å². The molecule has 0 spiro atoms. The molecule has 10 heteroatoms. The van der Waals surface area contributed by atoms with Crippen LogP contribution in [0.1, 0.15) is 27.7 Å². The minimum atomic E-state index is -1.52. The minimum Gasteiger partial charge on any atom is -0.456 e. The standard InChI is InChI=1S/C14H19FO9/c1-6(16)20-11-10(5-15)24-14(23-9(4)19)13(22-8(3)18)12(11)21-7(2)17/h10-14H,5H2,1-4H3/t10-,11+,12+,13-,14-/m0/s1. The summed E-state index contributed by atoms with van der Waals surface area (Å²) in [6.45, 7) is 3.14. The molecule has 1 aliphatic heterocycles. The molecular weight excluding hydrogens is 331 g/mol. The van der Waals surface area contributed by atoms with E-state index < -0.39 is 61.3 Å². The molecule has 1 saturated heterocycles. The summed E-state index contributed by atoms with van der Waals surface area (Å²) in [5, 5.41) is 0. The van der Waals surface area contributed by atoms with Crippen molar-refractivity contribution in [3.8, 4) is 0 Å². The third-order valence-corrected chi connectivity index (χ3v) is 2.93. The van der Waals surface area contributed by atoms with Crippen LogP contribution in [0.3, 0.4) is 0 Å². The molecule has 1 rings (SSSR count). The minimum absolute atomic E-state index is 0.785. The molecule has 5 atom stereocenters. The van der Waals surface area contributed by atoms with E-state index in [2.05, 4.69) is 0 Å². The summed E-state index contributed by atoms with van der Waals surface area (Å²) in [6, 6.07) is 0. The zero-order valence-electron chi connectivity index (χ0n) is 13.6. The molecule has 0 aromatic heterocycles. The topological polar surface area (TPSA) is 114 Å². The molecule has 0 unspecified atom stereocenters. The van der Waals surface area contributed by atoms with E-state index in [1.54, 1.807) is 0 Å². The molecule has 9 nitrogen and oxygen atoms in total. The summed E-state index contributed by atoms with van der Waals surface area (Å²) < 4.78 is 38.4. The number of hydrogen-bond acceptors (Lipinski definition) is 9. The van der Waals surface area contributed by atoms with Crippen LogP contribution in [0.25, 0.3) is 0 Å². The normalized spacial score (nSPS) is 29.3. The van der Waals surface area contributed by atoms with Crippen molar-refractivity contribution >= 4 is 23.9 Å². The average Bonchev–Trinajstić information content (AvgIpc) is 2.42. The van der Waals surface area contributed by atoms with Gasteiger partial charge < -0.3 is 23.7 Å². The first-order chi connectivity index (χ1) is 11.1. The highest BCUT2D eigenvalue weighted by molar-refractivity contribution is 5.69. The first kappa shape index (κ1) is 19.8. The predicted octanol–water partition coefficient (Wildman–Crippen LogP) is 0.0390. The van der Waals surface area contributed by atoms with Crippen molar-refractivity contribution in [3.63, 3.8) is 0 Å². The number of alkyl halides is 1. The molecule has 1 heterocycles. The van der Waals surface area contributed by atoms with Gasteiger partial charge >= 0.3 is 23.9 Å². The fraction of sp³-hybridized carbons (Fsp3) is 0.714. The molecule has 136 valence electrons. The van der Waals surface area contributed by atoms with Gasteiger partial charge in [0.15, 0.2) is 12.2 Å². The highest BCUT2D eigenvalue weighted by Gasteiger charge is 2.53. The molecule has 0 amide bonds.